The highest BCUT2D eigenvalue weighted by Crippen LogP contribution is 2.35. The molecule has 2 aromatic heterocycles. The van der Waals surface area contributed by atoms with Crippen LogP contribution in [-0.2, 0) is 11.2 Å². The van der Waals surface area contributed by atoms with Crippen LogP contribution in [0.3, 0.4) is 0 Å². The smallest absolute Gasteiger partial charge is 0.330 e. The Balaban J connectivity index is 1.29. The molecule has 1 aliphatic rings. The average molecular weight is 536 g/mol. The first-order valence-electron chi connectivity index (χ1n) is 13.8. The number of aromatic nitrogens is 5. The van der Waals surface area contributed by atoms with Gasteiger partial charge in [-0.3, -0.25) is 14.3 Å². The molecule has 0 spiro atoms. The zero-order valence-corrected chi connectivity index (χ0v) is 22.5. The van der Waals surface area contributed by atoms with E-state index in [1.807, 2.05) is 6.20 Å². The van der Waals surface area contributed by atoms with E-state index >= 15 is 0 Å². The molecule has 1 aliphatic heterocycles. The number of rotatable bonds is 19. The molecule has 7 N–H and O–H groups in total. The van der Waals surface area contributed by atoms with Gasteiger partial charge < -0.3 is 31.5 Å². The minimum atomic E-state index is -0.602. The van der Waals surface area contributed by atoms with Gasteiger partial charge in [-0.05, 0) is 91.3 Å². The lowest BCUT2D eigenvalue weighted by Crippen LogP contribution is -2.33. The second-order valence-corrected chi connectivity index (χ2v) is 9.84. The van der Waals surface area contributed by atoms with Gasteiger partial charge in [0.2, 0.25) is 0 Å². The number of nitrogens with one attached hydrogen (secondary N) is 4. The van der Waals surface area contributed by atoms with Crippen molar-refractivity contribution in [3.05, 3.63) is 44.5 Å². The lowest BCUT2D eigenvalue weighted by Gasteiger charge is -2.15. The Labute approximate surface area is 223 Å². The van der Waals surface area contributed by atoms with Gasteiger partial charge in [0.05, 0.1) is 18.3 Å². The molecule has 3 atom stereocenters. The molecule has 1 fully saturated rings. The predicted molar refractivity (Wildman–Crippen MR) is 145 cm³/mol. The maximum atomic E-state index is 12.3. The normalized spacial score (nSPS) is 19.4. The standard InChI is InChI=1S/C25H45N9O4/c1-19-16-33(25(37)30-24(19)36)23-15-21(22(18-35)38-23)34-17-20(31-32-34)7-4-11-29-14-6-13-28-10-3-2-9-27-12-5-8-26/h16-17,21-23,27-29,35H,2-15,18,26H2,1H3,(H,30,36,37)/t21-,22+,23+/m0/s1. The van der Waals surface area contributed by atoms with Gasteiger partial charge in [0.1, 0.15) is 12.3 Å². The summed E-state index contributed by atoms with van der Waals surface area (Å²) in [5, 5.41) is 28.8. The third-order valence-electron chi connectivity index (χ3n) is 6.75. The SMILES string of the molecule is Cc1cn([C@H]2C[C@H](n3cc(CCCNCCCNCCCCNCCCN)nn3)[C@@H](CO)O2)c(=O)[nH]c1=O. The van der Waals surface area contributed by atoms with Crippen LogP contribution in [0.2, 0.25) is 0 Å². The lowest BCUT2D eigenvalue weighted by atomic mass is 10.1. The third-order valence-corrected chi connectivity index (χ3v) is 6.75. The number of hydrogen-bond donors (Lipinski definition) is 6. The zero-order chi connectivity index (χ0) is 27.2. The van der Waals surface area contributed by atoms with Gasteiger partial charge in [-0.15, -0.1) is 5.10 Å². The highest BCUT2D eigenvalue weighted by atomic mass is 16.5. The van der Waals surface area contributed by atoms with E-state index in [2.05, 4.69) is 31.2 Å². The van der Waals surface area contributed by atoms with Crippen LogP contribution >= 0.6 is 0 Å². The summed E-state index contributed by atoms with van der Waals surface area (Å²) in [6.45, 7) is 8.20. The Morgan fingerprint density at radius 1 is 1.03 bits per heavy atom. The number of unbranched alkanes of at least 4 members (excludes halogenated alkanes) is 1. The van der Waals surface area contributed by atoms with Gasteiger partial charge in [0.15, 0.2) is 0 Å². The summed E-state index contributed by atoms with van der Waals surface area (Å²) in [6.07, 6.45) is 8.92. The predicted octanol–water partition coefficient (Wildman–Crippen LogP) is -0.822. The van der Waals surface area contributed by atoms with Gasteiger partial charge in [-0.25, -0.2) is 9.48 Å². The van der Waals surface area contributed by atoms with Crippen molar-refractivity contribution < 1.29 is 9.84 Å². The van der Waals surface area contributed by atoms with Crippen molar-refractivity contribution in [1.29, 1.82) is 0 Å². The summed E-state index contributed by atoms with van der Waals surface area (Å²) in [4.78, 5) is 26.2. The number of nitrogens with two attached hydrogens (primary N) is 1. The second-order valence-electron chi connectivity index (χ2n) is 9.84. The van der Waals surface area contributed by atoms with E-state index in [1.165, 1.54) is 23.6 Å². The van der Waals surface area contributed by atoms with Crippen LogP contribution in [0, 0.1) is 6.92 Å². The maximum Gasteiger partial charge on any atom is 0.330 e. The molecule has 0 aromatic carbocycles. The van der Waals surface area contributed by atoms with Crippen LogP contribution in [0.1, 0.15) is 62.1 Å². The van der Waals surface area contributed by atoms with E-state index in [4.69, 9.17) is 10.5 Å². The average Bonchev–Trinajstić information content (AvgIpc) is 3.55. The Morgan fingerprint density at radius 2 is 1.68 bits per heavy atom. The van der Waals surface area contributed by atoms with E-state index in [0.29, 0.717) is 12.0 Å². The summed E-state index contributed by atoms with van der Waals surface area (Å²) in [5.41, 5.74) is 5.82. The quantitative estimate of drug-likeness (QED) is 0.125. The molecule has 38 heavy (non-hydrogen) atoms. The molecule has 2 aromatic rings. The first kappa shape index (κ1) is 30.1. The molecule has 214 valence electrons. The van der Waals surface area contributed by atoms with Crippen molar-refractivity contribution in [2.75, 3.05) is 52.4 Å². The number of aliphatic hydroxyl groups is 1. The largest absolute Gasteiger partial charge is 0.394 e. The van der Waals surface area contributed by atoms with E-state index in [0.717, 1.165) is 77.2 Å². The van der Waals surface area contributed by atoms with Crippen LogP contribution in [-0.4, -0.2) is 88.2 Å². The molecule has 13 heteroatoms. The highest BCUT2D eigenvalue weighted by Gasteiger charge is 2.38. The monoisotopic (exact) mass is 535 g/mol. The van der Waals surface area contributed by atoms with Gasteiger partial charge in [-0.2, -0.15) is 0 Å². The number of nitrogens with zero attached hydrogens (tertiary/aromatic N) is 4. The van der Waals surface area contributed by atoms with E-state index in [-0.39, 0.29) is 12.6 Å². The minimum Gasteiger partial charge on any atom is -0.394 e. The van der Waals surface area contributed by atoms with Crippen molar-refractivity contribution in [2.24, 2.45) is 5.73 Å². The van der Waals surface area contributed by atoms with Crippen LogP contribution in [0.4, 0.5) is 0 Å². The van der Waals surface area contributed by atoms with E-state index < -0.39 is 23.6 Å². The van der Waals surface area contributed by atoms with E-state index in [9.17, 15) is 14.7 Å². The van der Waals surface area contributed by atoms with Gasteiger partial charge in [0, 0.05) is 24.4 Å². The van der Waals surface area contributed by atoms with Crippen LogP contribution in [0.15, 0.2) is 22.0 Å². The number of aryl methyl sites for hydroxylation is 2. The molecule has 0 bridgehead atoms. The Bertz CT molecular complexity index is 1050. The summed E-state index contributed by atoms with van der Waals surface area (Å²) < 4.78 is 9.00. The van der Waals surface area contributed by atoms with Crippen molar-refractivity contribution in [3.8, 4) is 0 Å². The summed E-state index contributed by atoms with van der Waals surface area (Å²) in [7, 11) is 0. The molecule has 0 unspecified atom stereocenters. The minimum absolute atomic E-state index is 0.210. The zero-order valence-electron chi connectivity index (χ0n) is 22.5. The molecule has 1 saturated heterocycles. The summed E-state index contributed by atoms with van der Waals surface area (Å²) in [5.74, 6) is 0. The fourth-order valence-corrected chi connectivity index (χ4v) is 4.55. The maximum absolute atomic E-state index is 12.3. The summed E-state index contributed by atoms with van der Waals surface area (Å²) in [6, 6.07) is -0.261. The van der Waals surface area contributed by atoms with Crippen LogP contribution < -0.4 is 32.9 Å². The summed E-state index contributed by atoms with van der Waals surface area (Å²) >= 11 is 0. The number of ether oxygens (including phenoxy) is 1. The first-order valence-corrected chi connectivity index (χ1v) is 13.8. The molecule has 0 saturated carbocycles. The lowest BCUT2D eigenvalue weighted by molar-refractivity contribution is -0.0323. The van der Waals surface area contributed by atoms with Crippen LogP contribution in [0.5, 0.6) is 0 Å². The van der Waals surface area contributed by atoms with Gasteiger partial charge >= 0.3 is 5.69 Å². The molecule has 0 amide bonds. The topological polar surface area (TPSA) is 177 Å². The fourth-order valence-electron chi connectivity index (χ4n) is 4.55. The molecule has 3 heterocycles. The van der Waals surface area contributed by atoms with Crippen molar-refractivity contribution in [1.82, 2.24) is 40.5 Å². The number of aromatic amines is 1. The first-order chi connectivity index (χ1) is 18.5. The molecule has 3 rings (SSSR count). The van der Waals surface area contributed by atoms with E-state index in [1.54, 1.807) is 11.6 Å². The van der Waals surface area contributed by atoms with Gasteiger partial charge in [-0.1, -0.05) is 5.21 Å². The molecule has 0 aliphatic carbocycles. The second kappa shape index (κ2) is 16.5. The van der Waals surface area contributed by atoms with Crippen molar-refractivity contribution >= 4 is 0 Å². The van der Waals surface area contributed by atoms with Crippen LogP contribution in [0.25, 0.3) is 0 Å². The van der Waals surface area contributed by atoms with Crippen molar-refractivity contribution in [3.63, 3.8) is 0 Å². The Morgan fingerprint density at radius 3 is 2.37 bits per heavy atom. The Hall–Kier alpha value is -2.42. The fraction of sp³-hybridized carbons (Fsp3) is 0.760. The van der Waals surface area contributed by atoms with Gasteiger partial charge in [0.25, 0.3) is 5.56 Å². The Kier molecular flexibility index (Phi) is 13.1. The number of aliphatic hydroxyl groups excluding tert-OH is 1. The third kappa shape index (κ3) is 9.40. The molecular formula is C25H45N9O4. The number of H-pyrrole nitrogens is 1. The molecule has 13 nitrogen and oxygen atoms in total. The molecular weight excluding hydrogens is 490 g/mol. The highest BCUT2D eigenvalue weighted by molar-refractivity contribution is 5.02. The van der Waals surface area contributed by atoms with Crippen molar-refractivity contribution in [2.45, 2.75) is 70.2 Å². The molecule has 0 radical (unpaired) electrons. The number of hydrogen-bond acceptors (Lipinski definition) is 10.